The van der Waals surface area contributed by atoms with E-state index in [-0.39, 0.29) is 0 Å². The molecular formula is C18H18N6OS. The van der Waals surface area contributed by atoms with Crippen LogP contribution in [0.4, 0.5) is 0 Å². The van der Waals surface area contributed by atoms with Crippen LogP contribution in [0.25, 0.3) is 21.3 Å². The molecule has 4 aromatic rings. The lowest BCUT2D eigenvalue weighted by Crippen LogP contribution is -2.11. The van der Waals surface area contributed by atoms with Crippen LogP contribution >= 0.6 is 11.3 Å². The normalized spacial score (nSPS) is 11.8. The molecule has 0 aliphatic carbocycles. The lowest BCUT2D eigenvalue weighted by molar-refractivity contribution is 0.111. The molecule has 0 atom stereocenters. The van der Waals surface area contributed by atoms with Crippen LogP contribution in [-0.2, 0) is 13.6 Å². The van der Waals surface area contributed by atoms with Gasteiger partial charge in [-0.25, -0.2) is 4.98 Å². The van der Waals surface area contributed by atoms with Crippen molar-refractivity contribution in [3.63, 3.8) is 0 Å². The molecule has 0 bridgehead atoms. The summed E-state index contributed by atoms with van der Waals surface area (Å²) in [6.07, 6.45) is 4.43. The maximum Gasteiger partial charge on any atom is 0.167 e. The number of benzene rings is 1. The number of fused-ring (bicyclic) bond motifs is 2. The maximum atomic E-state index is 11.5. The van der Waals surface area contributed by atoms with Gasteiger partial charge in [-0.1, -0.05) is 12.1 Å². The minimum atomic E-state index is 0.591. The van der Waals surface area contributed by atoms with Gasteiger partial charge in [0.2, 0.25) is 0 Å². The molecule has 1 aromatic carbocycles. The third-order valence-electron chi connectivity index (χ3n) is 4.39. The number of nitrogens with one attached hydrogen (secondary N) is 1. The molecule has 0 aliphatic heterocycles. The first-order valence-corrected chi connectivity index (χ1v) is 8.97. The fourth-order valence-electron chi connectivity index (χ4n) is 3.11. The van der Waals surface area contributed by atoms with Crippen LogP contribution in [0, 0.1) is 6.92 Å². The Hall–Kier alpha value is -3.00. The minimum absolute atomic E-state index is 0.591. The van der Waals surface area contributed by atoms with Gasteiger partial charge in [-0.3, -0.25) is 14.9 Å². The monoisotopic (exact) mass is 366 g/mol. The zero-order chi connectivity index (χ0) is 18.3. The molecule has 0 unspecified atom stereocenters. The van der Waals surface area contributed by atoms with Crippen LogP contribution in [0.15, 0.2) is 29.5 Å². The summed E-state index contributed by atoms with van der Waals surface area (Å²) in [5.74, 6) is 0. The van der Waals surface area contributed by atoms with Gasteiger partial charge in [-0.15, -0.1) is 11.3 Å². The van der Waals surface area contributed by atoms with Crippen LogP contribution in [0.3, 0.4) is 0 Å². The number of aryl methyl sites for hydroxylation is 2. The van der Waals surface area contributed by atoms with Gasteiger partial charge in [0.15, 0.2) is 11.9 Å². The summed E-state index contributed by atoms with van der Waals surface area (Å²) >= 11 is 1.57. The maximum absolute atomic E-state index is 11.5. The summed E-state index contributed by atoms with van der Waals surface area (Å²) in [6.45, 7) is 2.60. The van der Waals surface area contributed by atoms with E-state index in [9.17, 15) is 4.79 Å². The first-order chi connectivity index (χ1) is 12.6. The molecule has 7 nitrogen and oxygen atoms in total. The van der Waals surface area contributed by atoms with Gasteiger partial charge in [0.1, 0.15) is 0 Å². The SMILES string of the molecule is Cc1nc2c(s1)c(/C=N\N(C)Cc1cccc3[nH]ncc13)c(C=O)n2C. The molecular weight excluding hydrogens is 348 g/mol. The highest BCUT2D eigenvalue weighted by Crippen LogP contribution is 2.28. The average molecular weight is 366 g/mol. The summed E-state index contributed by atoms with van der Waals surface area (Å²) in [5, 5.41) is 15.5. The van der Waals surface area contributed by atoms with Crippen molar-refractivity contribution in [2.24, 2.45) is 12.1 Å². The Balaban J connectivity index is 1.64. The number of H-pyrrole nitrogens is 1. The lowest BCUT2D eigenvalue weighted by atomic mass is 10.1. The average Bonchev–Trinajstić information content (AvgIpc) is 3.29. The van der Waals surface area contributed by atoms with E-state index in [1.54, 1.807) is 17.6 Å². The second-order valence-corrected chi connectivity index (χ2v) is 7.37. The number of hydrazone groups is 1. The van der Waals surface area contributed by atoms with Crippen LogP contribution in [0.5, 0.6) is 0 Å². The quantitative estimate of drug-likeness (QED) is 0.334. The lowest BCUT2D eigenvalue weighted by Gasteiger charge is -2.13. The van der Waals surface area contributed by atoms with Gasteiger partial charge in [-0.05, 0) is 18.6 Å². The highest BCUT2D eigenvalue weighted by atomic mass is 32.1. The van der Waals surface area contributed by atoms with E-state index < -0.39 is 0 Å². The van der Waals surface area contributed by atoms with Crippen LogP contribution < -0.4 is 0 Å². The van der Waals surface area contributed by atoms with Gasteiger partial charge >= 0.3 is 0 Å². The summed E-state index contributed by atoms with van der Waals surface area (Å²) in [7, 11) is 3.76. The molecule has 0 radical (unpaired) electrons. The van der Waals surface area contributed by atoms with E-state index in [4.69, 9.17) is 0 Å². The Labute approximate surface area is 154 Å². The molecule has 0 fully saturated rings. The summed E-state index contributed by atoms with van der Waals surface area (Å²) in [4.78, 5) is 16.0. The van der Waals surface area contributed by atoms with Gasteiger partial charge in [0.05, 0.1) is 39.9 Å². The molecule has 0 aliphatic rings. The van der Waals surface area contributed by atoms with Crippen molar-refractivity contribution in [1.82, 2.24) is 24.8 Å². The first kappa shape index (κ1) is 16.5. The standard InChI is InChI=1S/C18H18N6OS/c1-11-21-18-17(26-11)14(16(10-25)24(18)3)8-20-23(2)9-12-5-4-6-15-13(12)7-19-22-15/h4-8,10H,9H2,1-3H3,(H,19,22)/b20-8-. The van der Waals surface area contributed by atoms with E-state index in [0.29, 0.717) is 12.2 Å². The molecule has 8 heteroatoms. The number of carbonyl (C=O) groups is 1. The third kappa shape index (κ3) is 2.68. The number of carbonyl (C=O) groups excluding carboxylic acids is 1. The van der Waals surface area contributed by atoms with E-state index >= 15 is 0 Å². The topological polar surface area (TPSA) is 79.2 Å². The number of thiazole rings is 1. The molecule has 3 heterocycles. The Morgan fingerprint density at radius 2 is 2.27 bits per heavy atom. The first-order valence-electron chi connectivity index (χ1n) is 8.15. The number of aromatic amines is 1. The van der Waals surface area contributed by atoms with Crippen LogP contribution in [0.1, 0.15) is 26.6 Å². The minimum Gasteiger partial charge on any atom is -0.325 e. The van der Waals surface area contributed by atoms with Crippen molar-refractivity contribution in [2.75, 3.05) is 7.05 Å². The molecule has 0 spiro atoms. The molecule has 0 saturated heterocycles. The largest absolute Gasteiger partial charge is 0.325 e. The van der Waals surface area contributed by atoms with Crippen molar-refractivity contribution >= 4 is 45.1 Å². The fraction of sp³-hybridized carbons (Fsp3) is 0.222. The van der Waals surface area contributed by atoms with Gasteiger partial charge in [0, 0.05) is 25.0 Å². The summed E-state index contributed by atoms with van der Waals surface area (Å²) < 4.78 is 2.81. The molecule has 4 rings (SSSR count). The van der Waals surface area contributed by atoms with E-state index in [2.05, 4.69) is 26.3 Å². The molecule has 132 valence electrons. The molecule has 0 saturated carbocycles. The number of aldehydes is 1. The van der Waals surface area contributed by atoms with Crippen LogP contribution in [0.2, 0.25) is 0 Å². The number of hydrogen-bond donors (Lipinski definition) is 1. The van der Waals surface area contributed by atoms with E-state index in [1.165, 1.54) is 0 Å². The van der Waals surface area contributed by atoms with Crippen molar-refractivity contribution in [2.45, 2.75) is 13.5 Å². The zero-order valence-corrected chi connectivity index (χ0v) is 15.5. The molecule has 0 amide bonds. The Morgan fingerprint density at radius 3 is 3.08 bits per heavy atom. The predicted molar refractivity (Wildman–Crippen MR) is 104 cm³/mol. The molecule has 1 N–H and O–H groups in total. The van der Waals surface area contributed by atoms with Crippen molar-refractivity contribution in [3.8, 4) is 0 Å². The second-order valence-electron chi connectivity index (χ2n) is 6.17. The van der Waals surface area contributed by atoms with E-state index in [0.717, 1.165) is 43.7 Å². The summed E-state index contributed by atoms with van der Waals surface area (Å²) in [6, 6.07) is 6.06. The Kier molecular flexibility index (Phi) is 4.04. The van der Waals surface area contributed by atoms with Crippen molar-refractivity contribution in [1.29, 1.82) is 0 Å². The fourth-order valence-corrected chi connectivity index (χ4v) is 4.08. The third-order valence-corrected chi connectivity index (χ3v) is 5.38. The summed E-state index contributed by atoms with van der Waals surface area (Å²) in [5.41, 5.74) is 4.37. The van der Waals surface area contributed by atoms with Crippen molar-refractivity contribution in [3.05, 3.63) is 46.2 Å². The second kappa shape index (κ2) is 6.38. The number of rotatable bonds is 5. The van der Waals surface area contributed by atoms with Gasteiger partial charge in [0.25, 0.3) is 0 Å². The number of hydrogen-bond acceptors (Lipinski definition) is 6. The van der Waals surface area contributed by atoms with Crippen LogP contribution in [-0.4, -0.2) is 44.3 Å². The van der Waals surface area contributed by atoms with Gasteiger partial charge in [-0.2, -0.15) is 10.2 Å². The zero-order valence-electron chi connectivity index (χ0n) is 14.7. The highest BCUT2D eigenvalue weighted by molar-refractivity contribution is 7.18. The van der Waals surface area contributed by atoms with Gasteiger partial charge < -0.3 is 4.57 Å². The van der Waals surface area contributed by atoms with Crippen molar-refractivity contribution < 1.29 is 4.79 Å². The Bertz CT molecular complexity index is 1140. The molecule has 3 aromatic heterocycles. The number of nitrogens with zero attached hydrogens (tertiary/aromatic N) is 5. The van der Waals surface area contributed by atoms with E-state index in [1.807, 2.05) is 48.9 Å². The Morgan fingerprint density at radius 1 is 1.42 bits per heavy atom. The molecule has 26 heavy (non-hydrogen) atoms. The smallest absolute Gasteiger partial charge is 0.167 e. The number of aromatic nitrogens is 4. The predicted octanol–water partition coefficient (Wildman–Crippen LogP) is 3.10. The highest BCUT2D eigenvalue weighted by Gasteiger charge is 2.17.